The number of nitrogens with zero attached hydrogens (tertiary/aromatic N) is 3. The van der Waals surface area contributed by atoms with Gasteiger partial charge in [-0.15, -0.1) is 0 Å². The molecule has 0 unspecified atom stereocenters. The molecular weight excluding hydrogens is 496 g/mol. The Balaban J connectivity index is 1.80. The number of carboxylic acid groups (broad SMARTS) is 1. The third-order valence-electron chi connectivity index (χ3n) is 6.09. The summed E-state index contributed by atoms with van der Waals surface area (Å²) >= 11 is 5.97. The van der Waals surface area contributed by atoms with Gasteiger partial charge in [0.05, 0.1) is 30.0 Å². The molecule has 4 rings (SSSR count). The van der Waals surface area contributed by atoms with Gasteiger partial charge in [-0.3, -0.25) is 9.36 Å². The van der Waals surface area contributed by atoms with Gasteiger partial charge in [-0.05, 0) is 54.8 Å². The first kappa shape index (κ1) is 24.7. The summed E-state index contributed by atoms with van der Waals surface area (Å²) in [5.41, 5.74) is 0.876. The maximum absolute atomic E-state index is 13.5. The minimum atomic E-state index is -3.20. The molecule has 0 saturated carbocycles. The van der Waals surface area contributed by atoms with Gasteiger partial charge in [-0.1, -0.05) is 29.8 Å². The number of halogens is 1. The monoisotopic (exact) mass is 518 g/mol. The SMILES string of the molecule is C[C@@H](C(=O)O)[C@H](C)n1c(=O)nc(Nc2ccc3c(c2)CS(=O)(=O)C3)n(Cc2ccc(Cl)cc2)c1=O. The van der Waals surface area contributed by atoms with Crippen molar-refractivity contribution in [2.45, 2.75) is 37.9 Å². The van der Waals surface area contributed by atoms with Crippen molar-refractivity contribution < 1.29 is 18.3 Å². The lowest BCUT2D eigenvalue weighted by atomic mass is 10.0. The second-order valence-corrected chi connectivity index (χ2v) is 11.1. The Morgan fingerprint density at radius 1 is 1.11 bits per heavy atom. The number of nitrogens with one attached hydrogen (secondary N) is 1. The number of sulfone groups is 1. The van der Waals surface area contributed by atoms with E-state index in [1.54, 1.807) is 42.5 Å². The zero-order valence-electron chi connectivity index (χ0n) is 18.9. The summed E-state index contributed by atoms with van der Waals surface area (Å²) in [5, 5.41) is 12.9. The fraction of sp³-hybridized carbons (Fsp3) is 0.304. The van der Waals surface area contributed by atoms with Crippen LogP contribution in [0.25, 0.3) is 0 Å². The van der Waals surface area contributed by atoms with Crippen LogP contribution in [0, 0.1) is 5.92 Å². The maximum Gasteiger partial charge on any atom is 0.355 e. The van der Waals surface area contributed by atoms with Crippen molar-refractivity contribution in [3.63, 3.8) is 0 Å². The normalized spacial score (nSPS) is 15.9. The first-order chi connectivity index (χ1) is 16.4. The summed E-state index contributed by atoms with van der Waals surface area (Å²) in [4.78, 5) is 41.8. The Labute approximate surface area is 205 Å². The van der Waals surface area contributed by atoms with Crippen molar-refractivity contribution >= 4 is 39.0 Å². The van der Waals surface area contributed by atoms with E-state index in [4.69, 9.17) is 11.6 Å². The molecule has 1 aromatic heterocycles. The van der Waals surface area contributed by atoms with Gasteiger partial charge in [-0.2, -0.15) is 4.98 Å². The van der Waals surface area contributed by atoms with Gasteiger partial charge in [0.1, 0.15) is 0 Å². The third-order valence-corrected chi connectivity index (χ3v) is 7.84. The van der Waals surface area contributed by atoms with Crippen LogP contribution in [0.2, 0.25) is 5.02 Å². The highest BCUT2D eigenvalue weighted by atomic mass is 35.5. The highest BCUT2D eigenvalue weighted by molar-refractivity contribution is 7.90. The van der Waals surface area contributed by atoms with Gasteiger partial charge in [-0.25, -0.2) is 22.6 Å². The molecule has 184 valence electrons. The number of anilines is 2. The predicted molar refractivity (Wildman–Crippen MR) is 131 cm³/mol. The van der Waals surface area contributed by atoms with Gasteiger partial charge in [0.2, 0.25) is 5.95 Å². The molecule has 1 aliphatic rings. The summed E-state index contributed by atoms with van der Waals surface area (Å²) in [6.45, 7) is 2.91. The number of aliphatic carboxylic acids is 1. The quantitative estimate of drug-likeness (QED) is 0.486. The standard InChI is InChI=1S/C23H23ClN4O6S/c1-13(20(29)30)14(2)28-22(31)26-21(27(23(28)32)10-15-3-6-18(24)7-4-15)25-19-8-5-16-11-35(33,34)12-17(16)9-19/h3-9,13-14H,10-12H2,1-2H3,(H,29,30)(H,25,26,31)/t13-,14+/m1/s1. The van der Waals surface area contributed by atoms with Crippen molar-refractivity contribution in [1.29, 1.82) is 0 Å². The molecule has 2 N–H and O–H groups in total. The number of carbonyl (C=O) groups is 1. The van der Waals surface area contributed by atoms with Crippen molar-refractivity contribution in [3.8, 4) is 0 Å². The maximum atomic E-state index is 13.5. The highest BCUT2D eigenvalue weighted by Gasteiger charge is 2.27. The third kappa shape index (κ3) is 5.15. The fourth-order valence-electron chi connectivity index (χ4n) is 3.93. The summed E-state index contributed by atoms with van der Waals surface area (Å²) in [6.07, 6.45) is 0. The molecule has 35 heavy (non-hydrogen) atoms. The van der Waals surface area contributed by atoms with E-state index in [0.717, 1.165) is 4.57 Å². The number of hydrogen-bond acceptors (Lipinski definition) is 7. The Morgan fingerprint density at radius 2 is 1.77 bits per heavy atom. The smallest absolute Gasteiger partial charge is 0.355 e. The molecular formula is C23H23ClN4O6S. The molecule has 0 saturated heterocycles. The molecule has 0 spiro atoms. The number of hydrogen-bond donors (Lipinski definition) is 2. The Hall–Kier alpha value is -3.44. The molecule has 12 heteroatoms. The van der Waals surface area contributed by atoms with E-state index in [1.165, 1.54) is 18.4 Å². The van der Waals surface area contributed by atoms with Crippen molar-refractivity contribution in [1.82, 2.24) is 14.1 Å². The van der Waals surface area contributed by atoms with Gasteiger partial charge >= 0.3 is 17.3 Å². The number of carboxylic acids is 1. The fourth-order valence-corrected chi connectivity index (χ4v) is 5.65. The molecule has 0 radical (unpaired) electrons. The van der Waals surface area contributed by atoms with E-state index >= 15 is 0 Å². The summed E-state index contributed by atoms with van der Waals surface area (Å²) in [5.74, 6) is -2.33. The van der Waals surface area contributed by atoms with E-state index in [-0.39, 0.29) is 24.0 Å². The van der Waals surface area contributed by atoms with Crippen LogP contribution in [0.5, 0.6) is 0 Å². The lowest BCUT2D eigenvalue weighted by molar-refractivity contribution is -0.142. The molecule has 0 bridgehead atoms. The lowest BCUT2D eigenvalue weighted by Gasteiger charge is -2.21. The largest absolute Gasteiger partial charge is 0.481 e. The van der Waals surface area contributed by atoms with Crippen molar-refractivity contribution in [2.75, 3.05) is 5.32 Å². The lowest BCUT2D eigenvalue weighted by Crippen LogP contribution is -2.46. The van der Waals surface area contributed by atoms with Crippen LogP contribution in [0.4, 0.5) is 11.6 Å². The van der Waals surface area contributed by atoms with Crippen molar-refractivity contribution in [2.24, 2.45) is 5.92 Å². The second kappa shape index (κ2) is 9.31. The summed E-state index contributed by atoms with van der Waals surface area (Å²) in [6, 6.07) is 10.8. The van der Waals surface area contributed by atoms with E-state index in [0.29, 0.717) is 27.4 Å². The zero-order chi connectivity index (χ0) is 25.5. The molecule has 0 aliphatic carbocycles. The van der Waals surface area contributed by atoms with Crippen LogP contribution in [0.15, 0.2) is 52.1 Å². The number of benzene rings is 2. The van der Waals surface area contributed by atoms with E-state index in [9.17, 15) is 27.9 Å². The van der Waals surface area contributed by atoms with Crippen molar-refractivity contribution in [3.05, 3.63) is 85.1 Å². The van der Waals surface area contributed by atoms with Gasteiger partial charge in [0, 0.05) is 10.7 Å². The van der Waals surface area contributed by atoms with E-state index < -0.39 is 39.1 Å². The van der Waals surface area contributed by atoms with Crippen LogP contribution < -0.4 is 16.7 Å². The molecule has 10 nitrogen and oxygen atoms in total. The predicted octanol–water partition coefficient (Wildman–Crippen LogP) is 2.56. The average molecular weight is 519 g/mol. The molecule has 1 aliphatic heterocycles. The van der Waals surface area contributed by atoms with Crippen LogP contribution in [0.3, 0.4) is 0 Å². The first-order valence-corrected chi connectivity index (χ1v) is 12.9. The van der Waals surface area contributed by atoms with Gasteiger partial charge < -0.3 is 10.4 Å². The van der Waals surface area contributed by atoms with E-state index in [2.05, 4.69) is 10.3 Å². The van der Waals surface area contributed by atoms with Crippen LogP contribution >= 0.6 is 11.6 Å². The van der Waals surface area contributed by atoms with Gasteiger partial charge in [0.15, 0.2) is 9.84 Å². The molecule has 2 heterocycles. The second-order valence-electron chi connectivity index (χ2n) is 8.59. The summed E-state index contributed by atoms with van der Waals surface area (Å²) < 4.78 is 26.0. The first-order valence-electron chi connectivity index (χ1n) is 10.7. The zero-order valence-corrected chi connectivity index (χ0v) is 20.5. The topological polar surface area (TPSA) is 140 Å². The highest BCUT2D eigenvalue weighted by Crippen LogP contribution is 2.28. The number of rotatable bonds is 7. The Kier molecular flexibility index (Phi) is 6.56. The molecule has 0 amide bonds. The Bertz CT molecular complexity index is 1530. The van der Waals surface area contributed by atoms with E-state index in [1.807, 2.05) is 0 Å². The molecule has 3 aromatic rings. The van der Waals surface area contributed by atoms with Crippen LogP contribution in [-0.2, 0) is 32.7 Å². The number of fused-ring (bicyclic) bond motifs is 1. The number of aromatic nitrogens is 3. The minimum Gasteiger partial charge on any atom is -0.481 e. The average Bonchev–Trinajstić information content (AvgIpc) is 3.10. The van der Waals surface area contributed by atoms with Crippen LogP contribution in [0.1, 0.15) is 36.6 Å². The molecule has 2 aromatic carbocycles. The Morgan fingerprint density at radius 3 is 2.43 bits per heavy atom. The van der Waals surface area contributed by atoms with Crippen LogP contribution in [-0.4, -0.2) is 33.6 Å². The molecule has 2 atom stereocenters. The van der Waals surface area contributed by atoms with Gasteiger partial charge in [0.25, 0.3) is 0 Å². The summed E-state index contributed by atoms with van der Waals surface area (Å²) in [7, 11) is -3.20. The minimum absolute atomic E-state index is 0.0269. The molecule has 0 fully saturated rings.